The first-order chi connectivity index (χ1) is 9.02. The SMILES string of the molecule is CCN(CC(C)C(N)=S)C(=O)c1cc2c(s1)CCC2. The highest BCUT2D eigenvalue weighted by Crippen LogP contribution is 2.31. The van der Waals surface area contributed by atoms with Gasteiger partial charge in [0.1, 0.15) is 0 Å². The monoisotopic (exact) mass is 296 g/mol. The molecule has 0 spiro atoms. The number of fused-ring (bicyclic) bond motifs is 1. The van der Waals surface area contributed by atoms with Crippen LogP contribution < -0.4 is 5.73 Å². The van der Waals surface area contributed by atoms with Crippen LogP contribution in [0.3, 0.4) is 0 Å². The van der Waals surface area contributed by atoms with Gasteiger partial charge >= 0.3 is 0 Å². The van der Waals surface area contributed by atoms with Crippen LogP contribution in [0, 0.1) is 5.92 Å². The van der Waals surface area contributed by atoms with Crippen LogP contribution in [0.2, 0.25) is 0 Å². The quantitative estimate of drug-likeness (QED) is 0.850. The number of nitrogens with zero attached hydrogens (tertiary/aromatic N) is 1. The molecule has 19 heavy (non-hydrogen) atoms. The van der Waals surface area contributed by atoms with Crippen LogP contribution in [-0.4, -0.2) is 28.9 Å². The van der Waals surface area contributed by atoms with Crippen molar-refractivity contribution in [3.63, 3.8) is 0 Å². The number of hydrogen-bond acceptors (Lipinski definition) is 3. The van der Waals surface area contributed by atoms with Gasteiger partial charge in [-0.05, 0) is 37.8 Å². The Morgan fingerprint density at radius 1 is 1.58 bits per heavy atom. The molecule has 1 aliphatic rings. The molecule has 1 unspecified atom stereocenters. The lowest BCUT2D eigenvalue weighted by molar-refractivity contribution is 0.0759. The minimum absolute atomic E-state index is 0.0608. The average Bonchev–Trinajstić information content (AvgIpc) is 2.95. The molecule has 3 nitrogen and oxygen atoms in total. The average molecular weight is 296 g/mol. The standard InChI is InChI=1S/C14H20N2OS2/c1-3-16(8-9(2)13(15)18)14(17)12-7-10-5-4-6-11(10)19-12/h7,9H,3-6,8H2,1-2H3,(H2,15,18). The Kier molecular flexibility index (Phi) is 4.58. The summed E-state index contributed by atoms with van der Waals surface area (Å²) in [5.74, 6) is 0.177. The molecule has 1 aromatic rings. The van der Waals surface area contributed by atoms with E-state index in [-0.39, 0.29) is 11.8 Å². The van der Waals surface area contributed by atoms with Crippen LogP contribution in [-0.2, 0) is 12.8 Å². The maximum absolute atomic E-state index is 12.5. The van der Waals surface area contributed by atoms with Crippen molar-refractivity contribution in [3.05, 3.63) is 21.4 Å². The van der Waals surface area contributed by atoms with Gasteiger partial charge in [0.2, 0.25) is 0 Å². The highest BCUT2D eigenvalue weighted by Gasteiger charge is 2.23. The second kappa shape index (κ2) is 6.01. The molecule has 1 heterocycles. The fourth-order valence-electron chi connectivity index (χ4n) is 2.37. The lowest BCUT2D eigenvalue weighted by atomic mass is 10.1. The van der Waals surface area contributed by atoms with Crippen molar-refractivity contribution in [2.75, 3.05) is 13.1 Å². The van der Waals surface area contributed by atoms with Gasteiger partial charge in [-0.2, -0.15) is 0 Å². The van der Waals surface area contributed by atoms with Crippen LogP contribution in [0.4, 0.5) is 0 Å². The first-order valence-electron chi connectivity index (χ1n) is 6.73. The van der Waals surface area contributed by atoms with E-state index in [4.69, 9.17) is 18.0 Å². The molecule has 0 saturated heterocycles. The van der Waals surface area contributed by atoms with Crippen LogP contribution >= 0.6 is 23.6 Å². The van der Waals surface area contributed by atoms with E-state index in [0.717, 1.165) is 17.7 Å². The normalized spacial score (nSPS) is 15.1. The van der Waals surface area contributed by atoms with Gasteiger partial charge < -0.3 is 10.6 Å². The van der Waals surface area contributed by atoms with Crippen LogP contribution in [0.1, 0.15) is 40.4 Å². The summed E-state index contributed by atoms with van der Waals surface area (Å²) >= 11 is 6.64. The largest absolute Gasteiger partial charge is 0.393 e. The van der Waals surface area contributed by atoms with Gasteiger partial charge in [-0.1, -0.05) is 19.1 Å². The van der Waals surface area contributed by atoms with Crippen molar-refractivity contribution < 1.29 is 4.79 Å². The second-order valence-corrected chi connectivity index (χ2v) is 6.67. The molecule has 1 atom stereocenters. The van der Waals surface area contributed by atoms with E-state index >= 15 is 0 Å². The lowest BCUT2D eigenvalue weighted by Crippen LogP contribution is -2.37. The Balaban J connectivity index is 2.09. The Morgan fingerprint density at radius 3 is 2.89 bits per heavy atom. The van der Waals surface area contributed by atoms with Crippen LogP contribution in [0.5, 0.6) is 0 Å². The predicted octanol–water partition coefficient (Wildman–Crippen LogP) is 2.62. The first kappa shape index (κ1) is 14.5. The Morgan fingerprint density at radius 2 is 2.32 bits per heavy atom. The third-order valence-electron chi connectivity index (χ3n) is 3.61. The summed E-state index contributed by atoms with van der Waals surface area (Å²) in [5, 5.41) is 0. The molecule has 0 fully saturated rings. The Bertz CT molecular complexity index is 474. The predicted molar refractivity (Wildman–Crippen MR) is 83.9 cm³/mol. The summed E-state index contributed by atoms with van der Waals surface area (Å²) < 4.78 is 0. The molecule has 104 valence electrons. The zero-order valence-electron chi connectivity index (χ0n) is 11.4. The second-order valence-electron chi connectivity index (χ2n) is 5.06. The minimum atomic E-state index is 0.0608. The minimum Gasteiger partial charge on any atom is -0.393 e. The molecule has 0 bridgehead atoms. The number of rotatable bonds is 5. The smallest absolute Gasteiger partial charge is 0.263 e. The van der Waals surface area contributed by atoms with E-state index < -0.39 is 0 Å². The zero-order valence-corrected chi connectivity index (χ0v) is 13.1. The third-order valence-corrected chi connectivity index (χ3v) is 5.23. The topological polar surface area (TPSA) is 46.3 Å². The van der Waals surface area contributed by atoms with Gasteiger partial charge in [0.15, 0.2) is 0 Å². The number of carbonyl (C=O) groups excluding carboxylic acids is 1. The molecular weight excluding hydrogens is 276 g/mol. The molecule has 1 aromatic heterocycles. The molecule has 1 aliphatic carbocycles. The molecule has 2 N–H and O–H groups in total. The maximum atomic E-state index is 12.5. The number of amides is 1. The van der Waals surface area contributed by atoms with E-state index in [0.29, 0.717) is 18.1 Å². The highest BCUT2D eigenvalue weighted by atomic mass is 32.1. The van der Waals surface area contributed by atoms with Crippen LogP contribution in [0.25, 0.3) is 0 Å². The highest BCUT2D eigenvalue weighted by molar-refractivity contribution is 7.80. The van der Waals surface area contributed by atoms with Crippen molar-refractivity contribution in [1.82, 2.24) is 4.90 Å². The Labute approximate surface area is 123 Å². The van der Waals surface area contributed by atoms with E-state index in [2.05, 4.69) is 6.07 Å². The van der Waals surface area contributed by atoms with Gasteiger partial charge in [0.05, 0.1) is 9.87 Å². The molecule has 0 aromatic carbocycles. The zero-order chi connectivity index (χ0) is 14.0. The summed E-state index contributed by atoms with van der Waals surface area (Å²) in [6.07, 6.45) is 3.48. The molecule has 1 amide bonds. The van der Waals surface area contributed by atoms with E-state index in [1.807, 2.05) is 18.7 Å². The van der Waals surface area contributed by atoms with E-state index in [1.165, 1.54) is 16.9 Å². The summed E-state index contributed by atoms with van der Waals surface area (Å²) in [6, 6.07) is 2.07. The number of nitrogens with two attached hydrogens (primary N) is 1. The summed E-state index contributed by atoms with van der Waals surface area (Å²) in [4.78, 5) is 17.1. The van der Waals surface area contributed by atoms with Crippen molar-refractivity contribution in [2.24, 2.45) is 11.7 Å². The number of thiophene rings is 1. The molecule has 5 heteroatoms. The Hall–Kier alpha value is -0.940. The summed E-state index contributed by atoms with van der Waals surface area (Å²) in [5.41, 5.74) is 7.00. The van der Waals surface area contributed by atoms with Gasteiger partial charge in [-0.25, -0.2) is 0 Å². The van der Waals surface area contributed by atoms with Crippen molar-refractivity contribution in [1.29, 1.82) is 0 Å². The summed E-state index contributed by atoms with van der Waals surface area (Å²) in [7, 11) is 0. The third kappa shape index (κ3) is 3.15. The first-order valence-corrected chi connectivity index (χ1v) is 7.95. The van der Waals surface area contributed by atoms with Crippen molar-refractivity contribution in [3.8, 4) is 0 Å². The lowest BCUT2D eigenvalue weighted by Gasteiger charge is -2.23. The van der Waals surface area contributed by atoms with E-state index in [1.54, 1.807) is 11.3 Å². The van der Waals surface area contributed by atoms with Crippen LogP contribution in [0.15, 0.2) is 6.07 Å². The van der Waals surface area contributed by atoms with Crippen molar-refractivity contribution >= 4 is 34.5 Å². The maximum Gasteiger partial charge on any atom is 0.263 e. The number of thiocarbonyl (C=S) groups is 1. The molecule has 0 radical (unpaired) electrons. The number of hydrogen-bond donors (Lipinski definition) is 1. The van der Waals surface area contributed by atoms with Gasteiger partial charge in [-0.3, -0.25) is 4.79 Å². The number of aryl methyl sites for hydroxylation is 2. The molecule has 0 aliphatic heterocycles. The fraction of sp³-hybridized carbons (Fsp3) is 0.571. The fourth-order valence-corrected chi connectivity index (χ4v) is 3.66. The van der Waals surface area contributed by atoms with Gasteiger partial charge in [-0.15, -0.1) is 11.3 Å². The number of carbonyl (C=O) groups is 1. The molecular formula is C14H20N2OS2. The van der Waals surface area contributed by atoms with Crippen molar-refractivity contribution in [2.45, 2.75) is 33.1 Å². The molecule has 0 saturated carbocycles. The summed E-state index contributed by atoms with van der Waals surface area (Å²) in [6.45, 7) is 5.25. The van der Waals surface area contributed by atoms with Gasteiger partial charge in [0, 0.05) is 23.9 Å². The molecule has 2 rings (SSSR count). The van der Waals surface area contributed by atoms with E-state index in [9.17, 15) is 4.79 Å². The van der Waals surface area contributed by atoms with Gasteiger partial charge in [0.25, 0.3) is 5.91 Å².